The van der Waals surface area contributed by atoms with E-state index in [4.69, 9.17) is 11.6 Å². The van der Waals surface area contributed by atoms with Crippen LogP contribution in [0.15, 0.2) is 54.6 Å². The van der Waals surface area contributed by atoms with Crippen LogP contribution in [-0.2, 0) is 6.54 Å². The van der Waals surface area contributed by atoms with Crippen LogP contribution in [0.5, 0.6) is 0 Å². The van der Waals surface area contributed by atoms with Crippen molar-refractivity contribution in [3.8, 4) is 0 Å². The number of hydrogen-bond donors (Lipinski definition) is 2. The summed E-state index contributed by atoms with van der Waals surface area (Å²) in [7, 11) is 4.04. The van der Waals surface area contributed by atoms with Crippen LogP contribution in [0.4, 0.5) is 4.79 Å². The van der Waals surface area contributed by atoms with Gasteiger partial charge in [-0.1, -0.05) is 54.1 Å². The van der Waals surface area contributed by atoms with Crippen LogP contribution in [0, 0.1) is 0 Å². The number of carbonyl (C=O) groups is 1. The van der Waals surface area contributed by atoms with E-state index in [0.717, 1.165) is 24.1 Å². The molecule has 2 rings (SSSR count). The lowest BCUT2D eigenvalue weighted by molar-refractivity contribution is 0.234. The van der Waals surface area contributed by atoms with Gasteiger partial charge < -0.3 is 15.5 Å². The first-order chi connectivity index (χ1) is 11.5. The molecule has 0 saturated carbocycles. The number of amides is 2. The summed E-state index contributed by atoms with van der Waals surface area (Å²) in [6, 6.07) is 17.3. The molecule has 1 unspecified atom stereocenters. The molecule has 0 aliphatic rings. The first kappa shape index (κ1) is 18.3. The summed E-state index contributed by atoms with van der Waals surface area (Å²) < 4.78 is 0. The van der Waals surface area contributed by atoms with Gasteiger partial charge in [0.25, 0.3) is 0 Å². The Kier molecular flexibility index (Phi) is 7.09. The molecule has 2 amide bonds. The minimum atomic E-state index is -0.169. The zero-order chi connectivity index (χ0) is 17.4. The predicted molar refractivity (Wildman–Crippen MR) is 99.2 cm³/mol. The fourth-order valence-corrected chi connectivity index (χ4v) is 2.52. The number of rotatable bonds is 7. The van der Waals surface area contributed by atoms with Crippen LogP contribution < -0.4 is 10.6 Å². The standard InChI is InChI=1S/C19H24ClN3O/c1-23(2)13-12-18(16-8-10-17(20)11-9-16)22-19(24)21-14-15-6-4-3-5-7-15/h3-11,18H,12-14H2,1-2H3,(H2,21,22,24). The van der Waals surface area contributed by atoms with E-state index in [2.05, 4.69) is 15.5 Å². The van der Waals surface area contributed by atoms with Gasteiger partial charge in [-0.05, 0) is 50.3 Å². The van der Waals surface area contributed by atoms with Crippen molar-refractivity contribution >= 4 is 17.6 Å². The minimum absolute atomic E-state index is 0.0551. The Labute approximate surface area is 148 Å². The van der Waals surface area contributed by atoms with E-state index < -0.39 is 0 Å². The van der Waals surface area contributed by atoms with Crippen molar-refractivity contribution in [2.75, 3.05) is 20.6 Å². The van der Waals surface area contributed by atoms with Crippen LogP contribution in [0.3, 0.4) is 0 Å². The monoisotopic (exact) mass is 345 g/mol. The molecule has 0 fully saturated rings. The third-order valence-corrected chi connectivity index (χ3v) is 3.99. The Morgan fingerprint density at radius 2 is 1.75 bits per heavy atom. The first-order valence-corrected chi connectivity index (χ1v) is 8.41. The van der Waals surface area contributed by atoms with Gasteiger partial charge in [-0.25, -0.2) is 4.79 Å². The Bertz CT molecular complexity index is 629. The molecule has 0 bridgehead atoms. The van der Waals surface area contributed by atoms with Crippen molar-refractivity contribution in [1.82, 2.24) is 15.5 Å². The summed E-state index contributed by atoms with van der Waals surface area (Å²) >= 11 is 5.96. The smallest absolute Gasteiger partial charge is 0.315 e. The average molecular weight is 346 g/mol. The highest BCUT2D eigenvalue weighted by Gasteiger charge is 2.14. The summed E-state index contributed by atoms with van der Waals surface area (Å²) in [6.07, 6.45) is 0.827. The van der Waals surface area contributed by atoms with E-state index in [0.29, 0.717) is 11.6 Å². The number of hydrogen-bond acceptors (Lipinski definition) is 2. The summed E-state index contributed by atoms with van der Waals surface area (Å²) in [6.45, 7) is 1.39. The molecule has 24 heavy (non-hydrogen) atoms. The molecule has 0 heterocycles. The maximum atomic E-state index is 12.2. The van der Waals surface area contributed by atoms with Gasteiger partial charge in [0.05, 0.1) is 6.04 Å². The predicted octanol–water partition coefficient (Wildman–Crippen LogP) is 3.83. The molecule has 0 spiro atoms. The molecular formula is C19H24ClN3O. The highest BCUT2D eigenvalue weighted by Crippen LogP contribution is 2.19. The number of carbonyl (C=O) groups excluding carboxylic acids is 1. The molecule has 5 heteroatoms. The van der Waals surface area contributed by atoms with Gasteiger partial charge in [0, 0.05) is 11.6 Å². The summed E-state index contributed by atoms with van der Waals surface area (Å²) in [4.78, 5) is 14.4. The first-order valence-electron chi connectivity index (χ1n) is 8.03. The lowest BCUT2D eigenvalue weighted by Gasteiger charge is -2.21. The number of urea groups is 1. The molecule has 1 atom stereocenters. The Balaban J connectivity index is 1.96. The zero-order valence-electron chi connectivity index (χ0n) is 14.1. The SMILES string of the molecule is CN(C)CCC(NC(=O)NCc1ccccc1)c1ccc(Cl)cc1. The van der Waals surface area contributed by atoms with Crippen LogP contribution in [0.25, 0.3) is 0 Å². The molecule has 4 nitrogen and oxygen atoms in total. The van der Waals surface area contributed by atoms with E-state index in [1.807, 2.05) is 68.7 Å². The molecule has 0 aliphatic heterocycles. The van der Waals surface area contributed by atoms with Crippen molar-refractivity contribution in [3.05, 3.63) is 70.7 Å². The third kappa shape index (κ3) is 6.22. The van der Waals surface area contributed by atoms with Crippen LogP contribution in [0.2, 0.25) is 5.02 Å². The minimum Gasteiger partial charge on any atom is -0.334 e. The third-order valence-electron chi connectivity index (χ3n) is 3.74. The second-order valence-electron chi connectivity index (χ2n) is 6.01. The molecule has 128 valence electrons. The number of halogens is 1. The van der Waals surface area contributed by atoms with Crippen LogP contribution in [-0.4, -0.2) is 31.6 Å². The van der Waals surface area contributed by atoms with Crippen molar-refractivity contribution in [2.45, 2.75) is 19.0 Å². The van der Waals surface area contributed by atoms with E-state index in [-0.39, 0.29) is 12.1 Å². The molecule has 0 saturated heterocycles. The van der Waals surface area contributed by atoms with Gasteiger partial charge in [-0.15, -0.1) is 0 Å². The van der Waals surface area contributed by atoms with Crippen molar-refractivity contribution in [1.29, 1.82) is 0 Å². The summed E-state index contributed by atoms with van der Waals surface area (Å²) in [5.74, 6) is 0. The maximum absolute atomic E-state index is 12.2. The number of benzene rings is 2. The van der Waals surface area contributed by atoms with E-state index in [1.54, 1.807) is 0 Å². The van der Waals surface area contributed by atoms with Crippen molar-refractivity contribution in [3.63, 3.8) is 0 Å². The van der Waals surface area contributed by atoms with Crippen molar-refractivity contribution < 1.29 is 4.79 Å². The van der Waals surface area contributed by atoms with Gasteiger partial charge in [-0.3, -0.25) is 0 Å². The van der Waals surface area contributed by atoms with Gasteiger partial charge in [-0.2, -0.15) is 0 Å². The molecule has 2 aromatic rings. The van der Waals surface area contributed by atoms with Crippen molar-refractivity contribution in [2.24, 2.45) is 0 Å². The number of nitrogens with one attached hydrogen (secondary N) is 2. The maximum Gasteiger partial charge on any atom is 0.315 e. The molecule has 2 aromatic carbocycles. The van der Waals surface area contributed by atoms with E-state index in [9.17, 15) is 4.79 Å². The van der Waals surface area contributed by atoms with Crippen LogP contribution >= 0.6 is 11.6 Å². The normalized spacial score (nSPS) is 12.0. The number of nitrogens with zero attached hydrogens (tertiary/aromatic N) is 1. The average Bonchev–Trinajstić information content (AvgIpc) is 2.58. The quantitative estimate of drug-likeness (QED) is 0.801. The highest BCUT2D eigenvalue weighted by molar-refractivity contribution is 6.30. The largest absolute Gasteiger partial charge is 0.334 e. The van der Waals surface area contributed by atoms with Gasteiger partial charge in [0.2, 0.25) is 0 Å². The highest BCUT2D eigenvalue weighted by atomic mass is 35.5. The second-order valence-corrected chi connectivity index (χ2v) is 6.45. The van der Waals surface area contributed by atoms with Gasteiger partial charge >= 0.3 is 6.03 Å². The lowest BCUT2D eigenvalue weighted by Crippen LogP contribution is -2.38. The fraction of sp³-hybridized carbons (Fsp3) is 0.316. The molecule has 0 radical (unpaired) electrons. The topological polar surface area (TPSA) is 44.4 Å². The zero-order valence-corrected chi connectivity index (χ0v) is 14.9. The fourth-order valence-electron chi connectivity index (χ4n) is 2.39. The van der Waals surface area contributed by atoms with Gasteiger partial charge in [0.15, 0.2) is 0 Å². The van der Waals surface area contributed by atoms with E-state index >= 15 is 0 Å². The lowest BCUT2D eigenvalue weighted by atomic mass is 10.0. The molecule has 0 aliphatic carbocycles. The van der Waals surface area contributed by atoms with Gasteiger partial charge in [0.1, 0.15) is 0 Å². The van der Waals surface area contributed by atoms with E-state index in [1.165, 1.54) is 0 Å². The van der Waals surface area contributed by atoms with Crippen LogP contribution in [0.1, 0.15) is 23.6 Å². The Morgan fingerprint density at radius 3 is 2.38 bits per heavy atom. The molecular weight excluding hydrogens is 322 g/mol. The summed E-state index contributed by atoms with van der Waals surface area (Å²) in [5.41, 5.74) is 2.13. The Morgan fingerprint density at radius 1 is 1.08 bits per heavy atom. The second kappa shape index (κ2) is 9.30. The molecule has 2 N–H and O–H groups in total. The summed E-state index contributed by atoms with van der Waals surface area (Å²) in [5, 5.41) is 6.66. The molecule has 0 aromatic heterocycles. The Hall–Kier alpha value is -2.04.